The number of halogens is 1. The van der Waals surface area contributed by atoms with Crippen LogP contribution in [0.4, 0.5) is 0 Å². The largest absolute Gasteiger partial charge is 0.293 e. The fourth-order valence-electron chi connectivity index (χ4n) is 1.22. The van der Waals surface area contributed by atoms with Gasteiger partial charge in [0.2, 0.25) is 0 Å². The maximum absolute atomic E-state index is 3.64. The third kappa shape index (κ3) is 1.61. The van der Waals surface area contributed by atoms with Gasteiger partial charge in [-0.1, -0.05) is 29.8 Å². The molecule has 1 unspecified atom stereocenters. The van der Waals surface area contributed by atoms with Crippen LogP contribution < -0.4 is 0 Å². The van der Waals surface area contributed by atoms with Gasteiger partial charge in [-0.05, 0) is 19.5 Å². The second-order valence-corrected chi connectivity index (χ2v) is 5.40. The second-order valence-electron chi connectivity index (χ2n) is 2.67. The lowest BCUT2D eigenvalue weighted by Gasteiger charge is -2.47. The molecular weight excluding hydrogens is 208 g/mol. The summed E-state index contributed by atoms with van der Waals surface area (Å²) >= 11 is 3.64. The van der Waals surface area contributed by atoms with E-state index in [1.807, 2.05) is 0 Å². The first-order valence-corrected chi connectivity index (χ1v) is 6.09. The third-order valence-corrected chi connectivity index (χ3v) is 6.29. The molecule has 1 heterocycles. The topological polar surface area (TPSA) is 6.48 Å². The van der Waals surface area contributed by atoms with Crippen molar-refractivity contribution in [3.8, 4) is 0 Å². The summed E-state index contributed by atoms with van der Waals surface area (Å²) in [5.74, 6) is 0. The van der Waals surface area contributed by atoms with Crippen LogP contribution in [0, 0.1) is 0 Å². The Morgan fingerprint density at radius 1 is 1.40 bits per heavy atom. The standard InChI is InChI=1S/C6H15BrN2Si/c1-3-5-9-6(7)8(4-2)10-9/h6H,3-5,10H2,1-2H3. The Bertz CT molecular complexity index is 112. The van der Waals surface area contributed by atoms with E-state index in [-0.39, 0.29) is 9.84 Å². The Labute approximate surface area is 73.7 Å². The highest BCUT2D eigenvalue weighted by Gasteiger charge is 2.31. The van der Waals surface area contributed by atoms with Crippen molar-refractivity contribution < 1.29 is 0 Å². The first kappa shape index (κ1) is 8.71. The molecule has 1 rings (SSSR count). The Kier molecular flexibility index (Phi) is 3.35. The van der Waals surface area contributed by atoms with Gasteiger partial charge in [0.05, 0.1) is 0 Å². The van der Waals surface area contributed by atoms with Crippen LogP contribution in [0.2, 0.25) is 0 Å². The minimum absolute atomic E-state index is 0.00576. The lowest BCUT2D eigenvalue weighted by molar-refractivity contribution is 0.182. The van der Waals surface area contributed by atoms with Gasteiger partial charge in [0, 0.05) is 0 Å². The molecule has 0 bridgehead atoms. The van der Waals surface area contributed by atoms with Crippen molar-refractivity contribution in [1.29, 1.82) is 0 Å². The molecule has 0 aromatic heterocycles. The quantitative estimate of drug-likeness (QED) is 0.395. The van der Waals surface area contributed by atoms with Crippen LogP contribution in [0.5, 0.6) is 0 Å². The second kappa shape index (κ2) is 3.85. The van der Waals surface area contributed by atoms with Crippen LogP contribution in [0.25, 0.3) is 0 Å². The van der Waals surface area contributed by atoms with Gasteiger partial charge in [0.15, 0.2) is 9.84 Å². The lowest BCUT2D eigenvalue weighted by Crippen LogP contribution is -2.63. The Hall–Kier alpha value is 0.617. The molecule has 0 aromatic carbocycles. The fraction of sp³-hybridized carbons (Fsp3) is 1.00. The zero-order valence-electron chi connectivity index (χ0n) is 6.68. The van der Waals surface area contributed by atoms with Crippen molar-refractivity contribution in [2.45, 2.75) is 25.3 Å². The summed E-state index contributed by atoms with van der Waals surface area (Å²) in [6.07, 6.45) is 1.28. The zero-order valence-corrected chi connectivity index (χ0v) is 9.68. The Morgan fingerprint density at radius 2 is 2.10 bits per heavy atom. The summed E-state index contributed by atoms with van der Waals surface area (Å²) in [7, 11) is -0.00576. The molecule has 2 nitrogen and oxygen atoms in total. The summed E-state index contributed by atoms with van der Waals surface area (Å²) in [5, 5.41) is 0.573. The molecule has 1 atom stereocenters. The van der Waals surface area contributed by atoms with Crippen molar-refractivity contribution in [1.82, 2.24) is 9.13 Å². The van der Waals surface area contributed by atoms with E-state index in [2.05, 4.69) is 38.9 Å². The Morgan fingerprint density at radius 3 is 2.50 bits per heavy atom. The van der Waals surface area contributed by atoms with Crippen molar-refractivity contribution in [2.75, 3.05) is 13.1 Å². The summed E-state index contributed by atoms with van der Waals surface area (Å²) in [4.78, 5) is 0. The van der Waals surface area contributed by atoms with Crippen molar-refractivity contribution in [3.63, 3.8) is 0 Å². The van der Waals surface area contributed by atoms with Gasteiger partial charge in [-0.2, -0.15) is 0 Å². The summed E-state index contributed by atoms with van der Waals surface area (Å²) < 4.78 is 5.08. The summed E-state index contributed by atoms with van der Waals surface area (Å²) in [6, 6.07) is 0. The molecule has 0 amide bonds. The minimum atomic E-state index is -0.00576. The average molecular weight is 223 g/mol. The van der Waals surface area contributed by atoms with Crippen molar-refractivity contribution >= 4 is 25.8 Å². The molecule has 1 fully saturated rings. The normalized spacial score (nSPS) is 30.9. The smallest absolute Gasteiger partial charge is 0.176 e. The van der Waals surface area contributed by atoms with E-state index in [1.165, 1.54) is 19.5 Å². The van der Waals surface area contributed by atoms with Gasteiger partial charge in [0.25, 0.3) is 0 Å². The van der Waals surface area contributed by atoms with Gasteiger partial charge in [-0.15, -0.1) is 0 Å². The zero-order chi connectivity index (χ0) is 7.56. The van der Waals surface area contributed by atoms with Crippen LogP contribution in [0.1, 0.15) is 20.3 Å². The first-order valence-electron chi connectivity index (χ1n) is 3.91. The number of alkyl halides is 1. The van der Waals surface area contributed by atoms with Crippen LogP contribution in [-0.2, 0) is 0 Å². The molecule has 1 aliphatic heterocycles. The van der Waals surface area contributed by atoms with Gasteiger partial charge >= 0.3 is 0 Å². The fourth-order valence-corrected chi connectivity index (χ4v) is 4.04. The van der Waals surface area contributed by atoms with E-state index in [0.29, 0.717) is 5.08 Å². The van der Waals surface area contributed by atoms with Crippen molar-refractivity contribution in [2.24, 2.45) is 0 Å². The summed E-state index contributed by atoms with van der Waals surface area (Å²) in [5.41, 5.74) is 0. The predicted molar refractivity (Wildman–Crippen MR) is 50.6 cm³/mol. The molecule has 0 radical (unpaired) electrons. The number of hydrogen-bond donors (Lipinski definition) is 0. The van der Waals surface area contributed by atoms with Crippen LogP contribution in [-0.4, -0.2) is 37.1 Å². The number of rotatable bonds is 3. The molecule has 0 N–H and O–H groups in total. The molecule has 10 heavy (non-hydrogen) atoms. The predicted octanol–water partition coefficient (Wildman–Crippen LogP) is 0.711. The van der Waals surface area contributed by atoms with Crippen LogP contribution in [0.3, 0.4) is 0 Å². The van der Waals surface area contributed by atoms with Crippen LogP contribution in [0.15, 0.2) is 0 Å². The highest BCUT2D eigenvalue weighted by atomic mass is 79.9. The van der Waals surface area contributed by atoms with E-state index >= 15 is 0 Å². The maximum Gasteiger partial charge on any atom is 0.176 e. The SMILES string of the molecule is CCCN1[SiH2]N(CC)C1Br. The van der Waals surface area contributed by atoms with Gasteiger partial charge in [-0.25, -0.2) is 0 Å². The number of nitrogens with zero attached hydrogens (tertiary/aromatic N) is 2. The van der Waals surface area contributed by atoms with E-state index in [9.17, 15) is 0 Å². The van der Waals surface area contributed by atoms with E-state index < -0.39 is 0 Å². The molecule has 0 aliphatic carbocycles. The highest BCUT2D eigenvalue weighted by molar-refractivity contribution is 9.09. The minimum Gasteiger partial charge on any atom is -0.293 e. The molecular formula is C6H15BrN2Si. The molecule has 0 saturated carbocycles. The third-order valence-electron chi connectivity index (χ3n) is 1.88. The molecule has 0 spiro atoms. The first-order chi connectivity index (χ1) is 4.79. The Balaban J connectivity index is 2.18. The molecule has 0 aromatic rings. The maximum atomic E-state index is 3.64. The highest BCUT2D eigenvalue weighted by Crippen LogP contribution is 2.20. The summed E-state index contributed by atoms with van der Waals surface area (Å²) in [6.45, 7) is 6.95. The van der Waals surface area contributed by atoms with Crippen molar-refractivity contribution in [3.05, 3.63) is 0 Å². The molecule has 1 saturated heterocycles. The van der Waals surface area contributed by atoms with E-state index in [4.69, 9.17) is 0 Å². The van der Waals surface area contributed by atoms with E-state index in [1.54, 1.807) is 0 Å². The molecule has 1 aliphatic rings. The average Bonchev–Trinajstić information content (AvgIpc) is 1.96. The van der Waals surface area contributed by atoms with Gasteiger partial charge in [0.1, 0.15) is 5.08 Å². The van der Waals surface area contributed by atoms with Gasteiger partial charge in [-0.3, -0.25) is 9.13 Å². The monoisotopic (exact) mass is 222 g/mol. The lowest BCUT2D eigenvalue weighted by atomic mass is 10.5. The van der Waals surface area contributed by atoms with Gasteiger partial charge < -0.3 is 0 Å². The molecule has 60 valence electrons. The number of hydrogen-bond acceptors (Lipinski definition) is 2. The molecule has 4 heteroatoms. The van der Waals surface area contributed by atoms with E-state index in [0.717, 1.165) is 0 Å². The van der Waals surface area contributed by atoms with Crippen LogP contribution >= 0.6 is 15.9 Å².